The summed E-state index contributed by atoms with van der Waals surface area (Å²) in [7, 11) is 0. The molecule has 1 N–H and O–H groups in total. The van der Waals surface area contributed by atoms with Gasteiger partial charge >= 0.3 is 5.97 Å². The molecule has 19 heavy (non-hydrogen) atoms. The van der Waals surface area contributed by atoms with Gasteiger partial charge in [-0.05, 0) is 29.9 Å². The summed E-state index contributed by atoms with van der Waals surface area (Å²) in [6.45, 7) is 0. The number of carboxylic acids is 1. The fraction of sp³-hybridized carbons (Fsp3) is 0.231. The van der Waals surface area contributed by atoms with Gasteiger partial charge in [0.1, 0.15) is 17.2 Å². The summed E-state index contributed by atoms with van der Waals surface area (Å²) in [6.07, 6.45) is 0.576. The quantitative estimate of drug-likeness (QED) is 0.873. The fourth-order valence-electron chi connectivity index (χ4n) is 2.33. The van der Waals surface area contributed by atoms with E-state index in [1.54, 1.807) is 11.8 Å². The third-order valence-electron chi connectivity index (χ3n) is 3.17. The Morgan fingerprint density at radius 2 is 2.05 bits per heavy atom. The minimum Gasteiger partial charge on any atom is -0.478 e. The van der Waals surface area contributed by atoms with E-state index in [9.17, 15) is 18.7 Å². The molecular weight excluding hydrogens is 272 g/mol. The Morgan fingerprint density at radius 1 is 1.32 bits per heavy atom. The third kappa shape index (κ3) is 1.87. The lowest BCUT2D eigenvalue weighted by Crippen LogP contribution is -2.14. The average Bonchev–Trinajstić information content (AvgIpc) is 2.40. The first-order valence-corrected chi connectivity index (χ1v) is 6.85. The van der Waals surface area contributed by atoms with E-state index in [0.29, 0.717) is 23.4 Å². The highest BCUT2D eigenvalue weighted by atomic mass is 32.2. The zero-order valence-electron chi connectivity index (χ0n) is 9.74. The van der Waals surface area contributed by atoms with Crippen LogP contribution in [0.4, 0.5) is 8.78 Å². The predicted octanol–water partition coefficient (Wildman–Crippen LogP) is 3.00. The van der Waals surface area contributed by atoms with E-state index in [1.165, 1.54) is 0 Å². The molecule has 1 aromatic heterocycles. The van der Waals surface area contributed by atoms with Crippen LogP contribution in [0.2, 0.25) is 0 Å². The number of pyridine rings is 1. The molecule has 0 saturated carbocycles. The highest BCUT2D eigenvalue weighted by Gasteiger charge is 2.25. The Bertz CT molecular complexity index is 703. The van der Waals surface area contributed by atoms with Gasteiger partial charge in [0.2, 0.25) is 0 Å². The van der Waals surface area contributed by atoms with Gasteiger partial charge in [-0.15, -0.1) is 0 Å². The van der Waals surface area contributed by atoms with Crippen molar-refractivity contribution in [3.05, 3.63) is 40.6 Å². The van der Waals surface area contributed by atoms with Crippen LogP contribution in [0.5, 0.6) is 0 Å². The molecule has 1 aliphatic rings. The molecule has 0 radical (unpaired) electrons. The van der Waals surface area contributed by atoms with Crippen LogP contribution < -0.4 is 0 Å². The Balaban J connectivity index is 2.50. The maximum absolute atomic E-state index is 13.9. The van der Waals surface area contributed by atoms with Crippen LogP contribution in [0.15, 0.2) is 12.1 Å². The maximum atomic E-state index is 13.9. The molecule has 2 aromatic rings. The summed E-state index contributed by atoms with van der Waals surface area (Å²) in [5.74, 6) is -1.41. The Morgan fingerprint density at radius 3 is 2.79 bits per heavy atom. The van der Waals surface area contributed by atoms with Gasteiger partial charge in [-0.2, -0.15) is 11.8 Å². The van der Waals surface area contributed by atoms with Crippen molar-refractivity contribution in [3.63, 3.8) is 0 Å². The van der Waals surface area contributed by atoms with Crippen molar-refractivity contribution in [1.29, 1.82) is 0 Å². The standard InChI is InChI=1S/C13H9F2NO2S/c14-7-1-2-8(15)12-11(7)10(13(17)18)6-5-19-4-3-9(6)16-12/h1-2H,3-5H2,(H,17,18). The number of aromatic nitrogens is 1. The number of nitrogens with zero attached hydrogens (tertiary/aromatic N) is 1. The van der Waals surface area contributed by atoms with Crippen molar-refractivity contribution in [2.24, 2.45) is 0 Å². The maximum Gasteiger partial charge on any atom is 0.336 e. The van der Waals surface area contributed by atoms with Crippen LogP contribution in [-0.2, 0) is 12.2 Å². The van der Waals surface area contributed by atoms with Crippen LogP contribution in [-0.4, -0.2) is 21.8 Å². The van der Waals surface area contributed by atoms with Crippen LogP contribution in [0.3, 0.4) is 0 Å². The number of benzene rings is 1. The SMILES string of the molecule is O=C(O)c1c2c(nc3c(F)ccc(F)c13)CCSC2. The van der Waals surface area contributed by atoms with Crippen molar-refractivity contribution in [1.82, 2.24) is 4.98 Å². The minimum absolute atomic E-state index is 0.149. The number of aryl methyl sites for hydroxylation is 1. The van der Waals surface area contributed by atoms with Crippen LogP contribution in [0.25, 0.3) is 10.9 Å². The molecule has 0 unspecified atom stereocenters. The second-order valence-electron chi connectivity index (χ2n) is 4.27. The highest BCUT2D eigenvalue weighted by Crippen LogP contribution is 2.33. The molecule has 1 aromatic carbocycles. The second kappa shape index (κ2) is 4.45. The molecular formula is C13H9F2NO2S. The molecule has 0 bridgehead atoms. The monoisotopic (exact) mass is 281 g/mol. The van der Waals surface area contributed by atoms with Gasteiger partial charge in [-0.1, -0.05) is 0 Å². The smallest absolute Gasteiger partial charge is 0.336 e. The number of hydrogen-bond donors (Lipinski definition) is 1. The summed E-state index contributed by atoms with van der Waals surface area (Å²) in [4.78, 5) is 15.6. The van der Waals surface area contributed by atoms with Crippen LogP contribution in [0, 0.1) is 11.6 Å². The third-order valence-corrected chi connectivity index (χ3v) is 4.15. The highest BCUT2D eigenvalue weighted by molar-refractivity contribution is 7.98. The Labute approximate surface area is 111 Å². The van der Waals surface area contributed by atoms with Crippen LogP contribution >= 0.6 is 11.8 Å². The van der Waals surface area contributed by atoms with Gasteiger partial charge in [-0.25, -0.2) is 18.6 Å². The van der Waals surface area contributed by atoms with Gasteiger partial charge < -0.3 is 5.11 Å². The summed E-state index contributed by atoms with van der Waals surface area (Å²) in [5.41, 5.74) is 0.737. The number of fused-ring (bicyclic) bond motifs is 2. The van der Waals surface area contributed by atoms with E-state index >= 15 is 0 Å². The molecule has 0 spiro atoms. The molecule has 3 nitrogen and oxygen atoms in total. The lowest BCUT2D eigenvalue weighted by Gasteiger charge is -2.18. The normalized spacial score (nSPS) is 14.4. The summed E-state index contributed by atoms with van der Waals surface area (Å²) < 4.78 is 27.6. The molecule has 0 saturated heterocycles. The molecule has 0 amide bonds. The van der Waals surface area contributed by atoms with Crippen molar-refractivity contribution >= 4 is 28.6 Å². The zero-order chi connectivity index (χ0) is 13.6. The van der Waals surface area contributed by atoms with Crippen molar-refractivity contribution in [3.8, 4) is 0 Å². The van der Waals surface area contributed by atoms with E-state index in [4.69, 9.17) is 0 Å². The fourth-order valence-corrected chi connectivity index (χ4v) is 3.32. The average molecular weight is 281 g/mol. The largest absolute Gasteiger partial charge is 0.478 e. The lowest BCUT2D eigenvalue weighted by molar-refractivity contribution is 0.0697. The molecule has 6 heteroatoms. The number of aromatic carboxylic acids is 1. The molecule has 0 fully saturated rings. The number of halogens is 2. The second-order valence-corrected chi connectivity index (χ2v) is 5.38. The summed E-state index contributed by atoms with van der Waals surface area (Å²) in [6, 6.07) is 1.91. The van der Waals surface area contributed by atoms with Crippen molar-refractivity contribution < 1.29 is 18.7 Å². The summed E-state index contributed by atoms with van der Waals surface area (Å²) >= 11 is 1.57. The number of carbonyl (C=O) groups is 1. The van der Waals surface area contributed by atoms with Crippen molar-refractivity contribution in [2.45, 2.75) is 12.2 Å². The molecule has 3 rings (SSSR count). The van der Waals surface area contributed by atoms with Gasteiger partial charge in [0.25, 0.3) is 0 Å². The number of hydrogen-bond acceptors (Lipinski definition) is 3. The lowest BCUT2D eigenvalue weighted by atomic mass is 9.99. The van der Waals surface area contributed by atoms with Gasteiger partial charge in [0.15, 0.2) is 0 Å². The predicted molar refractivity (Wildman–Crippen MR) is 68.5 cm³/mol. The number of carboxylic acid groups (broad SMARTS) is 1. The first-order chi connectivity index (χ1) is 9.09. The number of thioether (sulfide) groups is 1. The van der Waals surface area contributed by atoms with E-state index in [2.05, 4.69) is 4.98 Å². The molecule has 98 valence electrons. The van der Waals surface area contributed by atoms with E-state index in [1.807, 2.05) is 0 Å². The van der Waals surface area contributed by atoms with Crippen molar-refractivity contribution in [2.75, 3.05) is 5.75 Å². The van der Waals surface area contributed by atoms with E-state index in [0.717, 1.165) is 17.9 Å². The zero-order valence-corrected chi connectivity index (χ0v) is 10.6. The number of rotatable bonds is 1. The van der Waals surface area contributed by atoms with Crippen LogP contribution in [0.1, 0.15) is 21.6 Å². The Hall–Kier alpha value is -1.69. The van der Waals surface area contributed by atoms with Gasteiger partial charge in [-0.3, -0.25) is 0 Å². The first-order valence-electron chi connectivity index (χ1n) is 5.70. The van der Waals surface area contributed by atoms with Gasteiger partial charge in [0.05, 0.1) is 10.9 Å². The first kappa shape index (κ1) is 12.3. The molecule has 1 aliphatic heterocycles. The Kier molecular flexibility index (Phi) is 2.89. The van der Waals surface area contributed by atoms with Gasteiger partial charge in [0, 0.05) is 11.4 Å². The minimum atomic E-state index is -1.24. The topological polar surface area (TPSA) is 50.2 Å². The molecule has 0 aliphatic carbocycles. The molecule has 0 atom stereocenters. The summed E-state index contributed by atoms with van der Waals surface area (Å²) in [5, 5.41) is 9.10. The molecule has 2 heterocycles. The van der Waals surface area contributed by atoms with E-state index in [-0.39, 0.29) is 16.5 Å². The van der Waals surface area contributed by atoms with E-state index < -0.39 is 17.6 Å².